The van der Waals surface area contributed by atoms with Crippen molar-refractivity contribution < 1.29 is 37.2 Å². The minimum absolute atomic E-state index is 0.0556. The number of aromatic nitrogens is 2. The normalized spacial score (nSPS) is 25.6. The molecule has 1 aromatic heterocycles. The molecule has 2 rings (SSSR count). The molecule has 0 amide bonds. The Bertz CT molecular complexity index is 771. The third kappa shape index (κ3) is 5.76. The SMILES string of the molecule is C=CCO[C@@H]1C[C@H](n2ccc(N)nc2=O)O[C@@H]1COP(=O)(O)O[P+](=O)O. The summed E-state index contributed by atoms with van der Waals surface area (Å²) in [5.74, 6) is 0.0556. The summed E-state index contributed by atoms with van der Waals surface area (Å²) in [6.45, 7) is 3.21. The second-order valence-electron chi connectivity index (χ2n) is 5.15. The number of phosphoric acid groups is 1. The minimum Gasteiger partial charge on any atom is -0.383 e. The van der Waals surface area contributed by atoms with Crippen LogP contribution in [0.15, 0.2) is 29.7 Å². The van der Waals surface area contributed by atoms with E-state index in [0.717, 1.165) is 0 Å². The first-order valence-corrected chi connectivity index (χ1v) is 9.90. The monoisotopic (exact) mass is 410 g/mol. The van der Waals surface area contributed by atoms with E-state index in [9.17, 15) is 18.8 Å². The van der Waals surface area contributed by atoms with Crippen LogP contribution in [0, 0.1) is 0 Å². The molecule has 2 unspecified atom stereocenters. The number of nitrogen functional groups attached to an aromatic ring is 1. The van der Waals surface area contributed by atoms with Crippen molar-refractivity contribution in [3.05, 3.63) is 35.4 Å². The Hall–Kier alpha value is -1.49. The van der Waals surface area contributed by atoms with Gasteiger partial charge in [-0.2, -0.15) is 4.98 Å². The lowest BCUT2D eigenvalue weighted by Gasteiger charge is -2.18. The van der Waals surface area contributed by atoms with Gasteiger partial charge >= 0.3 is 21.8 Å². The van der Waals surface area contributed by atoms with Crippen LogP contribution >= 0.6 is 16.1 Å². The van der Waals surface area contributed by atoms with Crippen LogP contribution in [0.25, 0.3) is 0 Å². The van der Waals surface area contributed by atoms with Gasteiger partial charge in [-0.1, -0.05) is 6.08 Å². The summed E-state index contributed by atoms with van der Waals surface area (Å²) in [5, 5.41) is 0. The van der Waals surface area contributed by atoms with Gasteiger partial charge in [-0.15, -0.1) is 11.5 Å². The fourth-order valence-corrected chi connectivity index (χ4v) is 3.54. The molecular formula is C12H18N3O9P2+. The third-order valence-corrected chi connectivity index (χ3v) is 5.20. The lowest BCUT2D eigenvalue weighted by molar-refractivity contribution is -0.0568. The molecule has 1 saturated heterocycles. The van der Waals surface area contributed by atoms with Crippen molar-refractivity contribution in [2.24, 2.45) is 0 Å². The number of phosphoric ester groups is 1. The van der Waals surface area contributed by atoms with E-state index in [1.807, 2.05) is 0 Å². The first-order chi connectivity index (χ1) is 12.2. The Morgan fingerprint density at radius 2 is 2.35 bits per heavy atom. The molecule has 4 N–H and O–H groups in total. The summed E-state index contributed by atoms with van der Waals surface area (Å²) in [6.07, 6.45) is 0.888. The fourth-order valence-electron chi connectivity index (χ4n) is 2.31. The van der Waals surface area contributed by atoms with Gasteiger partial charge in [0.2, 0.25) is 0 Å². The molecule has 0 saturated carbocycles. The molecule has 0 bridgehead atoms. The number of anilines is 1. The lowest BCUT2D eigenvalue weighted by atomic mass is 10.2. The molecular weight excluding hydrogens is 392 g/mol. The number of ether oxygens (including phenoxy) is 2. The Kier molecular flexibility index (Phi) is 7.16. The first-order valence-electron chi connectivity index (χ1n) is 7.27. The van der Waals surface area contributed by atoms with Gasteiger partial charge in [-0.3, -0.25) is 14.0 Å². The highest BCUT2D eigenvalue weighted by atomic mass is 31.2. The molecule has 0 aromatic carbocycles. The van der Waals surface area contributed by atoms with Gasteiger partial charge < -0.3 is 15.2 Å². The molecule has 14 heteroatoms. The maximum absolute atomic E-state index is 11.9. The van der Waals surface area contributed by atoms with Gasteiger partial charge in [-0.05, 0) is 10.4 Å². The van der Waals surface area contributed by atoms with Gasteiger partial charge in [0, 0.05) is 17.2 Å². The van der Waals surface area contributed by atoms with E-state index >= 15 is 0 Å². The van der Waals surface area contributed by atoms with Crippen molar-refractivity contribution in [1.82, 2.24) is 9.55 Å². The average molecular weight is 410 g/mol. The first kappa shape index (κ1) is 20.8. The van der Waals surface area contributed by atoms with Crippen LogP contribution in [-0.2, 0) is 27.4 Å². The van der Waals surface area contributed by atoms with E-state index in [1.165, 1.54) is 22.9 Å². The lowest BCUT2D eigenvalue weighted by Crippen LogP contribution is -2.29. The quantitative estimate of drug-likeness (QED) is 0.381. The summed E-state index contributed by atoms with van der Waals surface area (Å²) >= 11 is 0. The van der Waals surface area contributed by atoms with Crippen molar-refractivity contribution in [2.75, 3.05) is 18.9 Å². The number of hydrogen-bond acceptors (Lipinski definition) is 9. The van der Waals surface area contributed by atoms with Crippen molar-refractivity contribution in [3.63, 3.8) is 0 Å². The van der Waals surface area contributed by atoms with Crippen molar-refractivity contribution in [3.8, 4) is 0 Å². The fraction of sp³-hybridized carbons (Fsp3) is 0.500. The van der Waals surface area contributed by atoms with Gasteiger partial charge in [0.25, 0.3) is 0 Å². The van der Waals surface area contributed by atoms with Crippen LogP contribution < -0.4 is 11.4 Å². The van der Waals surface area contributed by atoms with Crippen LogP contribution in [0.2, 0.25) is 0 Å². The molecule has 1 aromatic rings. The van der Waals surface area contributed by atoms with Crippen molar-refractivity contribution >= 4 is 21.9 Å². The molecule has 144 valence electrons. The van der Waals surface area contributed by atoms with E-state index in [2.05, 4.69) is 20.4 Å². The molecule has 26 heavy (non-hydrogen) atoms. The minimum atomic E-state index is -4.75. The van der Waals surface area contributed by atoms with Gasteiger partial charge in [0.1, 0.15) is 18.1 Å². The van der Waals surface area contributed by atoms with E-state index in [4.69, 9.17) is 20.1 Å². The molecule has 1 aliphatic rings. The molecule has 2 heterocycles. The number of nitrogens with two attached hydrogens (primary N) is 1. The van der Waals surface area contributed by atoms with Crippen molar-refractivity contribution in [1.29, 1.82) is 0 Å². The van der Waals surface area contributed by atoms with Gasteiger partial charge in [0.15, 0.2) is 0 Å². The highest BCUT2D eigenvalue weighted by Gasteiger charge is 2.41. The zero-order valence-electron chi connectivity index (χ0n) is 13.4. The Morgan fingerprint density at radius 1 is 1.62 bits per heavy atom. The van der Waals surface area contributed by atoms with Crippen molar-refractivity contribution in [2.45, 2.75) is 24.9 Å². The molecule has 12 nitrogen and oxygen atoms in total. The summed E-state index contributed by atoms with van der Waals surface area (Å²) in [4.78, 5) is 33.4. The topological polar surface area (TPSA) is 172 Å². The zero-order chi connectivity index (χ0) is 19.3. The Labute approximate surface area is 148 Å². The van der Waals surface area contributed by atoms with Crippen LogP contribution in [0.3, 0.4) is 0 Å². The third-order valence-electron chi connectivity index (χ3n) is 3.35. The molecule has 0 aliphatic carbocycles. The van der Waals surface area contributed by atoms with Gasteiger partial charge in [-0.25, -0.2) is 9.36 Å². The standard InChI is InChI=1S/C12H17N3O9P2/c1-2-5-21-8-6-11(15-4-3-10(13)14-12(15)16)23-9(8)7-22-26(19,20)24-25(17)18/h2-4,8-9,11H,1,5-7H2,(H3-,13,14,16,17,18,19,20)/p+1/t8-,9-,11-/m1/s1. The summed E-state index contributed by atoms with van der Waals surface area (Å²) in [5.41, 5.74) is 4.81. The largest absolute Gasteiger partial charge is 0.705 e. The molecule has 1 fully saturated rings. The number of hydrogen-bond donors (Lipinski definition) is 3. The highest BCUT2D eigenvalue weighted by Crippen LogP contribution is 2.51. The van der Waals surface area contributed by atoms with Crippen LogP contribution in [0.4, 0.5) is 5.82 Å². The summed E-state index contributed by atoms with van der Waals surface area (Å²) in [7, 11) is -8.07. The highest BCUT2D eigenvalue weighted by molar-refractivity contribution is 7.55. The second-order valence-corrected chi connectivity index (χ2v) is 7.48. The van der Waals surface area contributed by atoms with E-state index < -0.39 is 46.8 Å². The van der Waals surface area contributed by atoms with E-state index in [1.54, 1.807) is 0 Å². The Morgan fingerprint density at radius 3 is 2.96 bits per heavy atom. The number of rotatable bonds is 9. The maximum atomic E-state index is 11.9. The van der Waals surface area contributed by atoms with Gasteiger partial charge in [0.05, 0.1) is 19.3 Å². The average Bonchev–Trinajstić information content (AvgIpc) is 2.92. The van der Waals surface area contributed by atoms with E-state index in [-0.39, 0.29) is 18.8 Å². The molecule has 5 atom stereocenters. The molecule has 0 spiro atoms. The zero-order valence-corrected chi connectivity index (χ0v) is 15.2. The number of nitrogens with zero attached hydrogens (tertiary/aromatic N) is 2. The van der Waals surface area contributed by atoms with Crippen LogP contribution in [-0.4, -0.2) is 44.8 Å². The maximum Gasteiger partial charge on any atom is 0.705 e. The predicted octanol–water partition coefficient (Wildman–Crippen LogP) is 0.467. The Balaban J connectivity index is 2.10. The molecule has 1 aliphatic heterocycles. The summed E-state index contributed by atoms with van der Waals surface area (Å²) < 4.78 is 43.0. The van der Waals surface area contributed by atoms with E-state index in [0.29, 0.717) is 0 Å². The summed E-state index contributed by atoms with van der Waals surface area (Å²) in [6, 6.07) is 1.42. The molecule has 0 radical (unpaired) electrons. The second kappa shape index (κ2) is 8.94. The predicted molar refractivity (Wildman–Crippen MR) is 88.1 cm³/mol. The van der Waals surface area contributed by atoms with Crippen LogP contribution in [0.1, 0.15) is 12.6 Å². The smallest absolute Gasteiger partial charge is 0.383 e. The van der Waals surface area contributed by atoms with Crippen LogP contribution in [0.5, 0.6) is 0 Å².